The summed E-state index contributed by atoms with van der Waals surface area (Å²) in [6.45, 7) is 2.30. The fourth-order valence-electron chi connectivity index (χ4n) is 2.19. The van der Waals surface area contributed by atoms with Crippen LogP contribution in [0.1, 0.15) is 17.2 Å². The molecule has 0 saturated carbocycles. The molecule has 2 N–H and O–H groups in total. The van der Waals surface area contributed by atoms with Crippen LogP contribution in [0.15, 0.2) is 41.8 Å². The molecule has 2 aromatic heterocycles. The number of aromatic nitrogens is 5. The lowest BCUT2D eigenvalue weighted by Crippen LogP contribution is -2.10. The number of hydrogen-bond acceptors (Lipinski definition) is 6. The summed E-state index contributed by atoms with van der Waals surface area (Å²) < 4.78 is 15.9. The molecule has 0 radical (unpaired) electrons. The van der Waals surface area contributed by atoms with Gasteiger partial charge in [0, 0.05) is 24.6 Å². The van der Waals surface area contributed by atoms with Crippen molar-refractivity contribution >= 4 is 11.8 Å². The molecule has 0 unspecified atom stereocenters. The third-order valence-corrected chi connectivity index (χ3v) is 4.31. The van der Waals surface area contributed by atoms with E-state index in [-0.39, 0.29) is 5.82 Å². The number of hydrogen-bond donors (Lipinski definition) is 1. The minimum atomic E-state index is -0.326. The van der Waals surface area contributed by atoms with Crippen molar-refractivity contribution in [2.24, 2.45) is 5.73 Å². The van der Waals surface area contributed by atoms with E-state index in [2.05, 4.69) is 20.2 Å². The van der Waals surface area contributed by atoms with Crippen LogP contribution in [0.4, 0.5) is 4.39 Å². The lowest BCUT2D eigenvalue weighted by molar-refractivity contribution is 0.609. The standard InChI is InChI=1S/C16H17FN6S/c1-11-8-20-12(9-19-11)10-24-16-22-21-15(6-7-18)23(16)14-5-3-2-4-13(14)17/h2-5,8-9H,6-7,10,18H2,1H3. The van der Waals surface area contributed by atoms with Gasteiger partial charge in [0.1, 0.15) is 11.6 Å². The van der Waals surface area contributed by atoms with Gasteiger partial charge >= 0.3 is 0 Å². The van der Waals surface area contributed by atoms with Gasteiger partial charge in [0.05, 0.1) is 17.1 Å². The predicted octanol–water partition coefficient (Wildman–Crippen LogP) is 2.30. The molecule has 0 fully saturated rings. The minimum Gasteiger partial charge on any atom is -0.330 e. The van der Waals surface area contributed by atoms with Crippen molar-refractivity contribution in [3.8, 4) is 5.69 Å². The number of thioether (sulfide) groups is 1. The number of aryl methyl sites for hydroxylation is 1. The average molecular weight is 344 g/mol. The van der Waals surface area contributed by atoms with Crippen molar-refractivity contribution in [3.05, 3.63) is 59.7 Å². The van der Waals surface area contributed by atoms with Crippen LogP contribution in [0.3, 0.4) is 0 Å². The van der Waals surface area contributed by atoms with Crippen LogP contribution in [0.25, 0.3) is 5.69 Å². The van der Waals surface area contributed by atoms with Crippen LogP contribution < -0.4 is 5.73 Å². The SMILES string of the molecule is Cc1cnc(CSc2nnc(CCN)n2-c2ccccc2F)cn1. The number of rotatable bonds is 6. The molecule has 3 aromatic rings. The van der Waals surface area contributed by atoms with Crippen molar-refractivity contribution in [1.29, 1.82) is 0 Å². The van der Waals surface area contributed by atoms with E-state index >= 15 is 0 Å². The molecule has 6 nitrogen and oxygen atoms in total. The lowest BCUT2D eigenvalue weighted by atomic mass is 10.3. The van der Waals surface area contributed by atoms with Crippen LogP contribution in [0.5, 0.6) is 0 Å². The molecule has 0 aliphatic heterocycles. The molecule has 0 aliphatic carbocycles. The third kappa shape index (κ3) is 3.60. The minimum absolute atomic E-state index is 0.326. The van der Waals surface area contributed by atoms with Gasteiger partial charge in [-0.25, -0.2) is 4.39 Å². The summed E-state index contributed by atoms with van der Waals surface area (Å²) in [5.41, 5.74) is 7.75. The van der Waals surface area contributed by atoms with Crippen molar-refractivity contribution in [3.63, 3.8) is 0 Å². The Balaban J connectivity index is 1.90. The van der Waals surface area contributed by atoms with E-state index in [0.717, 1.165) is 11.4 Å². The molecule has 124 valence electrons. The maximum absolute atomic E-state index is 14.2. The molecule has 0 spiro atoms. The smallest absolute Gasteiger partial charge is 0.196 e. The van der Waals surface area contributed by atoms with Gasteiger partial charge in [0.15, 0.2) is 5.16 Å². The van der Waals surface area contributed by atoms with Crippen molar-refractivity contribution in [2.75, 3.05) is 6.54 Å². The summed E-state index contributed by atoms with van der Waals surface area (Å²) in [5.74, 6) is 0.885. The van der Waals surface area contributed by atoms with E-state index < -0.39 is 0 Å². The predicted molar refractivity (Wildman–Crippen MR) is 90.4 cm³/mol. The molecule has 2 heterocycles. The van der Waals surface area contributed by atoms with E-state index in [4.69, 9.17) is 5.73 Å². The topological polar surface area (TPSA) is 82.5 Å². The molecule has 8 heteroatoms. The Morgan fingerprint density at radius 1 is 1.17 bits per heavy atom. The second-order valence-corrected chi connectivity index (χ2v) is 6.10. The first kappa shape index (κ1) is 16.5. The molecule has 1 aromatic carbocycles. The Kier molecular flexibility index (Phi) is 5.17. The third-order valence-electron chi connectivity index (χ3n) is 3.35. The quantitative estimate of drug-likeness (QED) is 0.691. The highest BCUT2D eigenvalue weighted by Crippen LogP contribution is 2.26. The van der Waals surface area contributed by atoms with E-state index in [1.807, 2.05) is 6.92 Å². The van der Waals surface area contributed by atoms with Gasteiger partial charge in [0.25, 0.3) is 0 Å². The van der Waals surface area contributed by atoms with Gasteiger partial charge in [-0.1, -0.05) is 23.9 Å². The fourth-order valence-corrected chi connectivity index (χ4v) is 3.05. The molecule has 0 atom stereocenters. The van der Waals surface area contributed by atoms with Crippen molar-refractivity contribution in [2.45, 2.75) is 24.3 Å². The molecular weight excluding hydrogens is 327 g/mol. The number of benzene rings is 1. The zero-order valence-corrected chi connectivity index (χ0v) is 14.0. The average Bonchev–Trinajstić information content (AvgIpc) is 2.98. The summed E-state index contributed by atoms with van der Waals surface area (Å²) in [5, 5.41) is 8.95. The van der Waals surface area contributed by atoms with Crippen LogP contribution in [-0.4, -0.2) is 31.3 Å². The Bertz CT molecular complexity index is 818. The fraction of sp³-hybridized carbons (Fsp3) is 0.250. The van der Waals surface area contributed by atoms with E-state index in [1.165, 1.54) is 17.8 Å². The summed E-state index contributed by atoms with van der Waals surface area (Å²) in [7, 11) is 0. The Morgan fingerprint density at radius 3 is 2.71 bits per heavy atom. The summed E-state index contributed by atoms with van der Waals surface area (Å²) in [6.07, 6.45) is 3.97. The van der Waals surface area contributed by atoms with Gasteiger partial charge in [-0.05, 0) is 25.6 Å². The van der Waals surface area contributed by atoms with Crippen LogP contribution in [0, 0.1) is 12.7 Å². The number of nitrogens with zero attached hydrogens (tertiary/aromatic N) is 5. The molecular formula is C16H17FN6S. The van der Waals surface area contributed by atoms with Crippen LogP contribution in [0.2, 0.25) is 0 Å². The Labute approximate surface area is 143 Å². The Hall–Kier alpha value is -2.32. The number of nitrogens with two attached hydrogens (primary N) is 1. The molecule has 24 heavy (non-hydrogen) atoms. The number of halogens is 1. The van der Waals surface area contributed by atoms with Crippen LogP contribution in [-0.2, 0) is 12.2 Å². The first-order valence-corrected chi connectivity index (χ1v) is 8.47. The maximum atomic E-state index is 14.2. The second kappa shape index (κ2) is 7.50. The highest BCUT2D eigenvalue weighted by atomic mass is 32.2. The zero-order valence-electron chi connectivity index (χ0n) is 13.2. The van der Waals surface area contributed by atoms with Crippen LogP contribution >= 0.6 is 11.8 Å². The monoisotopic (exact) mass is 344 g/mol. The summed E-state index contributed by atoms with van der Waals surface area (Å²) in [4.78, 5) is 8.55. The largest absolute Gasteiger partial charge is 0.330 e. The first-order valence-electron chi connectivity index (χ1n) is 7.48. The van der Waals surface area contributed by atoms with Gasteiger partial charge in [-0.2, -0.15) is 0 Å². The maximum Gasteiger partial charge on any atom is 0.196 e. The van der Waals surface area contributed by atoms with Gasteiger partial charge in [-0.15, -0.1) is 10.2 Å². The van der Waals surface area contributed by atoms with E-state index in [9.17, 15) is 4.39 Å². The van der Waals surface area contributed by atoms with Crippen molar-refractivity contribution < 1.29 is 4.39 Å². The highest BCUT2D eigenvalue weighted by molar-refractivity contribution is 7.98. The molecule has 0 bridgehead atoms. The summed E-state index contributed by atoms with van der Waals surface area (Å²) >= 11 is 1.44. The Morgan fingerprint density at radius 2 is 2.00 bits per heavy atom. The number of para-hydroxylation sites is 1. The molecule has 3 rings (SSSR count). The highest BCUT2D eigenvalue weighted by Gasteiger charge is 2.16. The molecule has 0 amide bonds. The molecule has 0 aliphatic rings. The molecule has 0 saturated heterocycles. The van der Waals surface area contributed by atoms with Crippen molar-refractivity contribution in [1.82, 2.24) is 24.7 Å². The van der Waals surface area contributed by atoms with E-state index in [1.54, 1.807) is 35.2 Å². The summed E-state index contributed by atoms with van der Waals surface area (Å²) in [6, 6.07) is 6.56. The lowest BCUT2D eigenvalue weighted by Gasteiger charge is -2.10. The van der Waals surface area contributed by atoms with Gasteiger partial charge < -0.3 is 5.73 Å². The zero-order chi connectivity index (χ0) is 16.9. The normalized spacial score (nSPS) is 11.0. The van der Waals surface area contributed by atoms with Gasteiger partial charge in [-0.3, -0.25) is 14.5 Å². The second-order valence-electron chi connectivity index (χ2n) is 5.16. The van der Waals surface area contributed by atoms with Gasteiger partial charge in [0.2, 0.25) is 0 Å². The first-order chi connectivity index (χ1) is 11.7. The van der Waals surface area contributed by atoms with E-state index in [0.29, 0.717) is 35.4 Å².